The number of amides is 1. The number of benzene rings is 1. The van der Waals surface area contributed by atoms with E-state index in [9.17, 15) is 14.0 Å². The first-order valence-corrected chi connectivity index (χ1v) is 10.8. The lowest BCUT2D eigenvalue weighted by atomic mass is 10.1. The quantitative estimate of drug-likeness (QED) is 0.600. The Morgan fingerprint density at radius 2 is 2.10 bits per heavy atom. The van der Waals surface area contributed by atoms with Gasteiger partial charge in [-0.3, -0.25) is 9.36 Å². The number of carbonyl (C=O) groups excluding carboxylic acids is 1. The number of aryl methyl sites for hydroxylation is 2. The molecule has 158 valence electrons. The summed E-state index contributed by atoms with van der Waals surface area (Å²) < 4.78 is 18.1. The molecular weight excluding hydrogens is 407 g/mol. The lowest BCUT2D eigenvalue weighted by Gasteiger charge is -2.15. The summed E-state index contributed by atoms with van der Waals surface area (Å²) in [5.74, 6) is 0.678. The number of aromatic nitrogens is 5. The molecule has 4 rings (SSSR count). The predicted octanol–water partition coefficient (Wildman–Crippen LogP) is 1.58. The standard InChI is InChI=1S/C20H23FN6O2S/c1-25-11-9-22-19(25)30-13-18(28)23-16-6-7-17-24-27(20(29)26(17)10-8-16)12-14-2-4-15(21)5-3-14/h2-5,9,11,16H,6-8,10,12-13H2,1H3,(H,23,28). The Morgan fingerprint density at radius 3 is 2.83 bits per heavy atom. The molecule has 1 unspecified atom stereocenters. The van der Waals surface area contributed by atoms with Crippen LogP contribution in [0.5, 0.6) is 0 Å². The molecule has 0 saturated heterocycles. The van der Waals surface area contributed by atoms with Gasteiger partial charge in [0.1, 0.15) is 11.6 Å². The Bertz CT molecular complexity index is 1090. The van der Waals surface area contributed by atoms with Crippen LogP contribution in [0.4, 0.5) is 4.39 Å². The molecule has 8 nitrogen and oxygen atoms in total. The van der Waals surface area contributed by atoms with E-state index in [1.165, 1.54) is 28.6 Å². The van der Waals surface area contributed by atoms with Gasteiger partial charge < -0.3 is 9.88 Å². The summed E-state index contributed by atoms with van der Waals surface area (Å²) in [4.78, 5) is 29.2. The monoisotopic (exact) mass is 430 g/mol. The van der Waals surface area contributed by atoms with E-state index in [4.69, 9.17) is 0 Å². The maximum Gasteiger partial charge on any atom is 0.346 e. The second-order valence-corrected chi connectivity index (χ2v) is 8.28. The highest BCUT2D eigenvalue weighted by Gasteiger charge is 2.22. The van der Waals surface area contributed by atoms with Crippen LogP contribution in [0.2, 0.25) is 0 Å². The molecular formula is C20H23FN6O2S. The third-order valence-electron chi connectivity index (χ3n) is 5.14. The van der Waals surface area contributed by atoms with E-state index in [0.717, 1.165) is 23.0 Å². The SMILES string of the molecule is Cn1ccnc1SCC(=O)NC1CCc2nn(Cc3ccc(F)cc3)c(=O)n2CC1. The van der Waals surface area contributed by atoms with Crippen molar-refractivity contribution in [3.63, 3.8) is 0 Å². The molecule has 0 aliphatic carbocycles. The molecule has 0 spiro atoms. The Kier molecular flexibility index (Phi) is 6.03. The maximum absolute atomic E-state index is 13.1. The summed E-state index contributed by atoms with van der Waals surface area (Å²) in [5, 5.41) is 8.33. The lowest BCUT2D eigenvalue weighted by Crippen LogP contribution is -2.37. The van der Waals surface area contributed by atoms with Gasteiger partial charge in [-0.25, -0.2) is 18.9 Å². The molecule has 0 fully saturated rings. The lowest BCUT2D eigenvalue weighted by molar-refractivity contribution is -0.119. The number of rotatable bonds is 6. The van der Waals surface area contributed by atoms with Gasteiger partial charge >= 0.3 is 5.69 Å². The number of carbonyl (C=O) groups is 1. The van der Waals surface area contributed by atoms with E-state index in [2.05, 4.69) is 15.4 Å². The number of hydrogen-bond donors (Lipinski definition) is 1. The van der Waals surface area contributed by atoms with E-state index in [-0.39, 0.29) is 23.5 Å². The average molecular weight is 431 g/mol. The fourth-order valence-electron chi connectivity index (χ4n) is 3.53. The van der Waals surface area contributed by atoms with Crippen LogP contribution < -0.4 is 11.0 Å². The third-order valence-corrected chi connectivity index (χ3v) is 6.20. The molecule has 1 amide bonds. The first-order valence-electron chi connectivity index (χ1n) is 9.80. The van der Waals surface area contributed by atoms with Crippen LogP contribution >= 0.6 is 11.8 Å². The zero-order valence-electron chi connectivity index (χ0n) is 16.6. The predicted molar refractivity (Wildman–Crippen MR) is 111 cm³/mol. The minimum atomic E-state index is -0.307. The molecule has 2 aromatic heterocycles. The fraction of sp³-hybridized carbons (Fsp3) is 0.400. The number of nitrogens with one attached hydrogen (secondary N) is 1. The molecule has 30 heavy (non-hydrogen) atoms. The van der Waals surface area contributed by atoms with Gasteiger partial charge in [0, 0.05) is 38.4 Å². The summed E-state index contributed by atoms with van der Waals surface area (Å²) >= 11 is 1.40. The van der Waals surface area contributed by atoms with Crippen LogP contribution in [-0.2, 0) is 31.4 Å². The van der Waals surface area contributed by atoms with Gasteiger partial charge in [0.05, 0.1) is 12.3 Å². The van der Waals surface area contributed by atoms with Crippen molar-refractivity contribution in [3.05, 3.63) is 64.3 Å². The molecule has 0 bridgehead atoms. The van der Waals surface area contributed by atoms with E-state index in [1.807, 2.05) is 17.8 Å². The number of hydrogen-bond acceptors (Lipinski definition) is 5. The molecule has 0 radical (unpaired) electrons. The Hall–Kier alpha value is -2.88. The van der Waals surface area contributed by atoms with Gasteiger partial charge in [0.25, 0.3) is 0 Å². The van der Waals surface area contributed by atoms with Crippen LogP contribution in [0, 0.1) is 5.82 Å². The maximum atomic E-state index is 13.1. The molecule has 10 heteroatoms. The average Bonchev–Trinajstić information content (AvgIpc) is 3.20. The molecule has 1 atom stereocenters. The van der Waals surface area contributed by atoms with Crippen molar-refractivity contribution in [2.75, 3.05) is 5.75 Å². The van der Waals surface area contributed by atoms with Crippen molar-refractivity contribution in [1.82, 2.24) is 29.2 Å². The molecule has 1 aliphatic heterocycles. The van der Waals surface area contributed by atoms with Gasteiger partial charge in [-0.15, -0.1) is 0 Å². The number of nitrogens with zero attached hydrogens (tertiary/aromatic N) is 5. The molecule has 1 aromatic carbocycles. The number of imidazole rings is 1. The summed E-state index contributed by atoms with van der Waals surface area (Å²) in [6.45, 7) is 0.818. The van der Waals surface area contributed by atoms with Crippen molar-refractivity contribution in [1.29, 1.82) is 0 Å². The summed E-state index contributed by atoms with van der Waals surface area (Å²) in [5.41, 5.74) is 0.647. The van der Waals surface area contributed by atoms with Crippen molar-refractivity contribution in [3.8, 4) is 0 Å². The highest BCUT2D eigenvalue weighted by atomic mass is 32.2. The fourth-order valence-corrected chi connectivity index (χ4v) is 4.27. The second kappa shape index (κ2) is 8.86. The number of halogens is 1. The Morgan fingerprint density at radius 1 is 1.30 bits per heavy atom. The Labute approximate surface area is 177 Å². The second-order valence-electron chi connectivity index (χ2n) is 7.34. The normalized spacial score (nSPS) is 16.1. The van der Waals surface area contributed by atoms with Crippen LogP contribution in [0.3, 0.4) is 0 Å². The highest BCUT2D eigenvalue weighted by molar-refractivity contribution is 7.99. The number of thioether (sulfide) groups is 1. The van der Waals surface area contributed by atoms with Crippen molar-refractivity contribution >= 4 is 17.7 Å². The van der Waals surface area contributed by atoms with E-state index in [1.54, 1.807) is 22.9 Å². The summed E-state index contributed by atoms with van der Waals surface area (Å²) in [6, 6.07) is 6.06. The topological polar surface area (TPSA) is 86.7 Å². The minimum absolute atomic E-state index is 0.00567. The minimum Gasteiger partial charge on any atom is -0.353 e. The number of fused-ring (bicyclic) bond motifs is 1. The van der Waals surface area contributed by atoms with Crippen molar-refractivity contribution < 1.29 is 9.18 Å². The van der Waals surface area contributed by atoms with Gasteiger partial charge in [0.2, 0.25) is 5.91 Å². The molecule has 3 heterocycles. The zero-order chi connectivity index (χ0) is 21.1. The largest absolute Gasteiger partial charge is 0.353 e. The van der Waals surface area contributed by atoms with Crippen LogP contribution in [0.15, 0.2) is 46.6 Å². The van der Waals surface area contributed by atoms with Crippen LogP contribution in [0.25, 0.3) is 0 Å². The molecule has 1 N–H and O–H groups in total. The van der Waals surface area contributed by atoms with Gasteiger partial charge in [-0.1, -0.05) is 23.9 Å². The van der Waals surface area contributed by atoms with Crippen molar-refractivity contribution in [2.24, 2.45) is 7.05 Å². The van der Waals surface area contributed by atoms with Crippen LogP contribution in [-0.4, -0.2) is 41.6 Å². The first kappa shape index (κ1) is 20.4. The van der Waals surface area contributed by atoms with Gasteiger partial charge in [0.15, 0.2) is 5.16 Å². The third kappa shape index (κ3) is 4.64. The van der Waals surface area contributed by atoms with Crippen LogP contribution in [0.1, 0.15) is 24.2 Å². The summed E-state index contributed by atoms with van der Waals surface area (Å²) in [6.07, 6.45) is 5.56. The molecule has 3 aromatic rings. The zero-order valence-corrected chi connectivity index (χ0v) is 17.4. The molecule has 0 saturated carbocycles. The first-order chi connectivity index (χ1) is 14.5. The van der Waals surface area contributed by atoms with E-state index < -0.39 is 0 Å². The highest BCUT2D eigenvalue weighted by Crippen LogP contribution is 2.16. The van der Waals surface area contributed by atoms with Gasteiger partial charge in [-0.2, -0.15) is 5.10 Å². The molecule has 1 aliphatic rings. The summed E-state index contributed by atoms with van der Waals surface area (Å²) in [7, 11) is 1.89. The van der Waals surface area contributed by atoms with Gasteiger partial charge in [-0.05, 0) is 30.5 Å². The smallest absolute Gasteiger partial charge is 0.346 e. The Balaban J connectivity index is 1.33. The van der Waals surface area contributed by atoms with E-state index in [0.29, 0.717) is 31.7 Å². The van der Waals surface area contributed by atoms with E-state index >= 15 is 0 Å². The van der Waals surface area contributed by atoms with Crippen molar-refractivity contribution in [2.45, 2.75) is 43.6 Å².